The van der Waals surface area contributed by atoms with E-state index in [0.29, 0.717) is 0 Å². The van der Waals surface area contributed by atoms with Crippen LogP contribution in [0.25, 0.3) is 0 Å². The van der Waals surface area contributed by atoms with Crippen LogP contribution < -0.4 is 0 Å². The van der Waals surface area contributed by atoms with Crippen LogP contribution in [-0.2, 0) is 19.1 Å². The number of nitrogens with zero attached hydrogens (tertiary/aromatic N) is 3. The van der Waals surface area contributed by atoms with Gasteiger partial charge in [0.15, 0.2) is 5.69 Å². The SMILES string of the molecule is OCCc1cn(Cc2ccns2)nc1C(F)(F)F. The smallest absolute Gasteiger partial charge is 0.396 e. The molecule has 4 nitrogen and oxygen atoms in total. The van der Waals surface area contributed by atoms with Gasteiger partial charge >= 0.3 is 6.18 Å². The Balaban J connectivity index is 2.27. The van der Waals surface area contributed by atoms with E-state index >= 15 is 0 Å². The van der Waals surface area contributed by atoms with Gasteiger partial charge in [-0.05, 0) is 24.0 Å². The van der Waals surface area contributed by atoms with Gasteiger partial charge in [-0.15, -0.1) is 0 Å². The predicted octanol–water partition coefficient (Wildman–Crippen LogP) is 1.94. The summed E-state index contributed by atoms with van der Waals surface area (Å²) in [5.41, 5.74) is -0.921. The van der Waals surface area contributed by atoms with Crippen molar-refractivity contribution in [2.45, 2.75) is 19.1 Å². The molecule has 18 heavy (non-hydrogen) atoms. The van der Waals surface area contributed by atoms with Gasteiger partial charge in [0.25, 0.3) is 0 Å². The van der Waals surface area contributed by atoms with E-state index in [4.69, 9.17) is 5.11 Å². The third-order valence-corrected chi connectivity index (χ3v) is 3.02. The van der Waals surface area contributed by atoms with E-state index in [2.05, 4.69) is 9.47 Å². The summed E-state index contributed by atoms with van der Waals surface area (Å²) in [4.78, 5) is 0.821. The summed E-state index contributed by atoms with van der Waals surface area (Å²) in [7, 11) is 0. The molecule has 1 N–H and O–H groups in total. The summed E-state index contributed by atoms with van der Waals surface area (Å²) < 4.78 is 43.2. The summed E-state index contributed by atoms with van der Waals surface area (Å²) in [5.74, 6) is 0. The van der Waals surface area contributed by atoms with E-state index in [1.54, 1.807) is 12.3 Å². The maximum atomic E-state index is 12.7. The number of aliphatic hydroxyl groups excluding tert-OH is 1. The summed E-state index contributed by atoms with van der Waals surface area (Å²) in [6.07, 6.45) is -1.65. The second-order valence-corrected chi connectivity index (χ2v) is 4.57. The van der Waals surface area contributed by atoms with Crippen molar-refractivity contribution in [3.05, 3.63) is 34.6 Å². The third kappa shape index (κ3) is 2.88. The molecule has 0 fully saturated rings. The first-order valence-corrected chi connectivity index (χ1v) is 5.92. The van der Waals surface area contributed by atoms with Gasteiger partial charge < -0.3 is 5.11 Å². The van der Waals surface area contributed by atoms with Crippen LogP contribution in [0.15, 0.2) is 18.5 Å². The molecule has 8 heteroatoms. The molecule has 2 heterocycles. The third-order valence-electron chi connectivity index (χ3n) is 2.30. The Hall–Kier alpha value is -1.41. The number of rotatable bonds is 4. The van der Waals surface area contributed by atoms with E-state index in [1.807, 2.05) is 0 Å². The molecule has 0 radical (unpaired) electrons. The number of aromatic nitrogens is 3. The monoisotopic (exact) mass is 277 g/mol. The fourth-order valence-electron chi connectivity index (χ4n) is 1.57. The molecule has 2 rings (SSSR count). The molecule has 0 aromatic carbocycles. The number of hydrogen-bond acceptors (Lipinski definition) is 4. The average molecular weight is 277 g/mol. The Kier molecular flexibility index (Phi) is 3.67. The molecule has 2 aromatic heterocycles. The second kappa shape index (κ2) is 5.07. The largest absolute Gasteiger partial charge is 0.435 e. The Labute approximate surface area is 105 Å². The van der Waals surface area contributed by atoms with Crippen LogP contribution in [0, 0.1) is 0 Å². The van der Waals surface area contributed by atoms with E-state index in [-0.39, 0.29) is 25.1 Å². The highest BCUT2D eigenvalue weighted by Crippen LogP contribution is 2.31. The number of halogens is 3. The molecular formula is C10H10F3N3OS. The van der Waals surface area contributed by atoms with Crippen molar-refractivity contribution in [2.24, 2.45) is 0 Å². The molecule has 0 saturated carbocycles. The number of alkyl halides is 3. The zero-order chi connectivity index (χ0) is 13.2. The fraction of sp³-hybridized carbons (Fsp3) is 0.400. The molecule has 0 aliphatic heterocycles. The van der Waals surface area contributed by atoms with Crippen molar-refractivity contribution in [3.63, 3.8) is 0 Å². The van der Waals surface area contributed by atoms with Crippen LogP contribution in [0.3, 0.4) is 0 Å². The molecule has 0 spiro atoms. The first kappa shape index (κ1) is 13.0. The molecule has 0 unspecified atom stereocenters. The maximum Gasteiger partial charge on any atom is 0.435 e. The standard InChI is InChI=1S/C10H10F3N3OS/c11-10(12,13)9-7(2-4-17)5-16(15-9)6-8-1-3-14-18-8/h1,3,5,17H,2,4,6H2. The molecule has 0 aliphatic carbocycles. The van der Waals surface area contributed by atoms with Crippen LogP contribution in [-0.4, -0.2) is 25.9 Å². The summed E-state index contributed by atoms with van der Waals surface area (Å²) in [6, 6.07) is 1.73. The molecule has 0 aliphatic rings. The van der Waals surface area contributed by atoms with Crippen LogP contribution in [0.1, 0.15) is 16.1 Å². The van der Waals surface area contributed by atoms with Crippen molar-refractivity contribution in [3.8, 4) is 0 Å². The van der Waals surface area contributed by atoms with Crippen molar-refractivity contribution < 1.29 is 18.3 Å². The Bertz CT molecular complexity index is 507. The van der Waals surface area contributed by atoms with E-state index < -0.39 is 11.9 Å². The van der Waals surface area contributed by atoms with Crippen molar-refractivity contribution in [2.75, 3.05) is 6.61 Å². The molecule has 0 atom stereocenters. The van der Waals surface area contributed by atoms with Gasteiger partial charge in [-0.3, -0.25) is 4.68 Å². The first-order chi connectivity index (χ1) is 8.50. The van der Waals surface area contributed by atoms with Gasteiger partial charge in [0.2, 0.25) is 0 Å². The van der Waals surface area contributed by atoms with Gasteiger partial charge in [-0.1, -0.05) is 0 Å². The molecule has 98 valence electrons. The van der Waals surface area contributed by atoms with Crippen molar-refractivity contribution in [1.29, 1.82) is 0 Å². The Morgan fingerprint density at radius 2 is 2.17 bits per heavy atom. The van der Waals surface area contributed by atoms with Gasteiger partial charge in [0.1, 0.15) is 0 Å². The molecule has 0 saturated heterocycles. The van der Waals surface area contributed by atoms with E-state index in [1.165, 1.54) is 22.4 Å². The highest BCUT2D eigenvalue weighted by molar-refractivity contribution is 7.05. The Morgan fingerprint density at radius 3 is 2.72 bits per heavy atom. The maximum absolute atomic E-state index is 12.7. The fourth-order valence-corrected chi connectivity index (χ4v) is 2.14. The first-order valence-electron chi connectivity index (χ1n) is 5.14. The topological polar surface area (TPSA) is 50.9 Å². The number of aliphatic hydroxyl groups is 1. The minimum atomic E-state index is -4.50. The minimum Gasteiger partial charge on any atom is -0.396 e. The van der Waals surface area contributed by atoms with Crippen LogP contribution in [0.4, 0.5) is 13.2 Å². The summed E-state index contributed by atoms with van der Waals surface area (Å²) in [6.45, 7) is -0.0888. The Morgan fingerprint density at radius 1 is 1.39 bits per heavy atom. The van der Waals surface area contributed by atoms with Crippen molar-refractivity contribution >= 4 is 11.5 Å². The summed E-state index contributed by atoms with van der Waals surface area (Å²) >= 11 is 1.21. The molecule has 2 aromatic rings. The molecule has 0 amide bonds. The van der Waals surface area contributed by atoms with Crippen LogP contribution in [0.5, 0.6) is 0 Å². The van der Waals surface area contributed by atoms with E-state index in [0.717, 1.165) is 4.88 Å². The summed E-state index contributed by atoms with van der Waals surface area (Å²) in [5, 5.41) is 12.3. The highest BCUT2D eigenvalue weighted by Gasteiger charge is 2.36. The minimum absolute atomic E-state index is 0.00881. The van der Waals surface area contributed by atoms with Crippen molar-refractivity contribution in [1.82, 2.24) is 14.2 Å². The predicted molar refractivity (Wildman–Crippen MR) is 59.2 cm³/mol. The van der Waals surface area contributed by atoms with Gasteiger partial charge in [-0.2, -0.15) is 18.3 Å². The van der Waals surface area contributed by atoms with Gasteiger partial charge in [-0.25, -0.2) is 4.37 Å². The quantitative estimate of drug-likeness (QED) is 0.929. The van der Waals surface area contributed by atoms with Gasteiger partial charge in [0, 0.05) is 29.4 Å². The molecule has 0 bridgehead atoms. The lowest BCUT2D eigenvalue weighted by atomic mass is 10.2. The highest BCUT2D eigenvalue weighted by atomic mass is 32.1. The molecular weight excluding hydrogens is 267 g/mol. The lowest BCUT2D eigenvalue weighted by Gasteiger charge is -2.04. The second-order valence-electron chi connectivity index (χ2n) is 3.65. The number of hydrogen-bond donors (Lipinski definition) is 1. The van der Waals surface area contributed by atoms with Gasteiger partial charge in [0.05, 0.1) is 6.54 Å². The normalized spacial score (nSPS) is 12.0. The van der Waals surface area contributed by atoms with Crippen LogP contribution in [0.2, 0.25) is 0 Å². The average Bonchev–Trinajstić information content (AvgIpc) is 2.88. The lowest BCUT2D eigenvalue weighted by molar-refractivity contribution is -0.142. The zero-order valence-corrected chi connectivity index (χ0v) is 10.0. The van der Waals surface area contributed by atoms with E-state index in [9.17, 15) is 13.2 Å². The van der Waals surface area contributed by atoms with Crippen LogP contribution >= 0.6 is 11.5 Å². The lowest BCUT2D eigenvalue weighted by Crippen LogP contribution is -2.10. The zero-order valence-electron chi connectivity index (χ0n) is 9.18.